The molecule has 1 aromatic carbocycles. The highest BCUT2D eigenvalue weighted by molar-refractivity contribution is 6.30. The molecule has 1 aromatic heterocycles. The van der Waals surface area contributed by atoms with Crippen molar-refractivity contribution >= 4 is 11.6 Å². The normalized spacial score (nSPS) is 10.2. The first-order chi connectivity index (χ1) is 8.65. The van der Waals surface area contributed by atoms with Crippen LogP contribution in [0.2, 0.25) is 5.02 Å². The third-order valence-corrected chi connectivity index (χ3v) is 3.00. The number of nitrogens with zero attached hydrogens (tertiary/aromatic N) is 1. The monoisotopic (exact) mass is 263 g/mol. The van der Waals surface area contributed by atoms with Crippen molar-refractivity contribution in [3.8, 4) is 22.8 Å². The largest absolute Gasteiger partial charge is 0.494 e. The van der Waals surface area contributed by atoms with Crippen LogP contribution in [0.25, 0.3) is 11.1 Å². The minimum Gasteiger partial charge on any atom is -0.494 e. The molecule has 0 N–H and O–H groups in total. The van der Waals surface area contributed by atoms with Crippen LogP contribution in [0.3, 0.4) is 0 Å². The SMILES string of the molecule is COc1cc(-c2cc(Cl)ccc2C)c(OC)cn1. The van der Waals surface area contributed by atoms with E-state index in [0.717, 1.165) is 16.7 Å². The molecule has 0 bridgehead atoms. The van der Waals surface area contributed by atoms with Gasteiger partial charge in [-0.2, -0.15) is 0 Å². The summed E-state index contributed by atoms with van der Waals surface area (Å²) in [6, 6.07) is 7.60. The zero-order valence-corrected chi connectivity index (χ0v) is 11.3. The van der Waals surface area contributed by atoms with Gasteiger partial charge >= 0.3 is 0 Å². The number of methoxy groups -OCH3 is 2. The lowest BCUT2D eigenvalue weighted by atomic mass is 10.0. The fourth-order valence-electron chi connectivity index (χ4n) is 1.79. The summed E-state index contributed by atoms with van der Waals surface area (Å²) in [6.07, 6.45) is 1.65. The van der Waals surface area contributed by atoms with Gasteiger partial charge in [0.25, 0.3) is 0 Å². The number of hydrogen-bond donors (Lipinski definition) is 0. The number of halogens is 1. The first-order valence-electron chi connectivity index (χ1n) is 5.50. The third kappa shape index (κ3) is 2.41. The highest BCUT2D eigenvalue weighted by Crippen LogP contribution is 2.35. The number of ether oxygens (including phenoxy) is 2. The zero-order chi connectivity index (χ0) is 13.1. The van der Waals surface area contributed by atoms with Gasteiger partial charge in [0, 0.05) is 16.7 Å². The molecule has 94 valence electrons. The van der Waals surface area contributed by atoms with E-state index < -0.39 is 0 Å². The Hall–Kier alpha value is -1.74. The molecule has 2 aromatic rings. The first-order valence-corrected chi connectivity index (χ1v) is 5.88. The van der Waals surface area contributed by atoms with Crippen molar-refractivity contribution in [1.82, 2.24) is 4.98 Å². The van der Waals surface area contributed by atoms with E-state index in [4.69, 9.17) is 21.1 Å². The summed E-state index contributed by atoms with van der Waals surface area (Å²) in [6.45, 7) is 2.03. The van der Waals surface area contributed by atoms with Gasteiger partial charge in [-0.25, -0.2) is 4.98 Å². The molecule has 4 heteroatoms. The highest BCUT2D eigenvalue weighted by atomic mass is 35.5. The molecule has 0 amide bonds. The summed E-state index contributed by atoms with van der Waals surface area (Å²) in [7, 11) is 3.20. The van der Waals surface area contributed by atoms with Crippen molar-refractivity contribution in [3.63, 3.8) is 0 Å². The number of aromatic nitrogens is 1. The number of rotatable bonds is 3. The molecule has 0 aliphatic rings. The molecular formula is C14H14ClNO2. The minimum atomic E-state index is 0.546. The van der Waals surface area contributed by atoms with E-state index in [1.807, 2.05) is 31.2 Å². The van der Waals surface area contributed by atoms with E-state index in [2.05, 4.69) is 4.98 Å². The van der Waals surface area contributed by atoms with Gasteiger partial charge < -0.3 is 9.47 Å². The van der Waals surface area contributed by atoms with Gasteiger partial charge in [-0.05, 0) is 30.2 Å². The van der Waals surface area contributed by atoms with Crippen LogP contribution in [0.5, 0.6) is 11.6 Å². The van der Waals surface area contributed by atoms with Crippen molar-refractivity contribution in [2.24, 2.45) is 0 Å². The Kier molecular flexibility index (Phi) is 3.72. The topological polar surface area (TPSA) is 31.4 Å². The second kappa shape index (κ2) is 5.27. The number of benzene rings is 1. The average molecular weight is 264 g/mol. The maximum absolute atomic E-state index is 6.05. The van der Waals surface area contributed by atoms with Crippen molar-refractivity contribution < 1.29 is 9.47 Å². The van der Waals surface area contributed by atoms with Crippen molar-refractivity contribution in [2.75, 3.05) is 14.2 Å². The lowest BCUT2D eigenvalue weighted by Gasteiger charge is -2.12. The number of aryl methyl sites for hydroxylation is 1. The summed E-state index contributed by atoms with van der Waals surface area (Å²) >= 11 is 6.05. The molecule has 0 unspecified atom stereocenters. The van der Waals surface area contributed by atoms with Crippen LogP contribution in [0.4, 0.5) is 0 Å². The van der Waals surface area contributed by atoms with Crippen molar-refractivity contribution in [3.05, 3.63) is 41.0 Å². The average Bonchev–Trinajstić information content (AvgIpc) is 2.40. The predicted molar refractivity (Wildman–Crippen MR) is 72.5 cm³/mol. The van der Waals surface area contributed by atoms with Gasteiger partial charge in [0.15, 0.2) is 0 Å². The summed E-state index contributed by atoms with van der Waals surface area (Å²) in [5.74, 6) is 1.24. The Morgan fingerprint density at radius 1 is 1.06 bits per heavy atom. The summed E-state index contributed by atoms with van der Waals surface area (Å²) < 4.78 is 10.5. The second-order valence-electron chi connectivity index (χ2n) is 3.89. The smallest absolute Gasteiger partial charge is 0.213 e. The minimum absolute atomic E-state index is 0.546. The van der Waals surface area contributed by atoms with Crippen molar-refractivity contribution in [2.45, 2.75) is 6.92 Å². The maximum Gasteiger partial charge on any atom is 0.213 e. The Morgan fingerprint density at radius 3 is 2.50 bits per heavy atom. The van der Waals surface area contributed by atoms with Crippen LogP contribution in [-0.2, 0) is 0 Å². The molecule has 3 nitrogen and oxygen atoms in total. The third-order valence-electron chi connectivity index (χ3n) is 2.76. The molecule has 0 saturated carbocycles. The molecule has 0 aliphatic carbocycles. The molecule has 2 rings (SSSR count). The Bertz CT molecular complexity index is 570. The van der Waals surface area contributed by atoms with E-state index in [1.54, 1.807) is 20.4 Å². The van der Waals surface area contributed by atoms with Gasteiger partial charge in [0.2, 0.25) is 5.88 Å². The van der Waals surface area contributed by atoms with Crippen LogP contribution in [-0.4, -0.2) is 19.2 Å². The van der Waals surface area contributed by atoms with E-state index >= 15 is 0 Å². The molecule has 0 saturated heterocycles. The van der Waals surface area contributed by atoms with E-state index in [0.29, 0.717) is 16.7 Å². The molecule has 18 heavy (non-hydrogen) atoms. The fourth-order valence-corrected chi connectivity index (χ4v) is 1.96. The van der Waals surface area contributed by atoms with Crippen LogP contribution < -0.4 is 9.47 Å². The van der Waals surface area contributed by atoms with Gasteiger partial charge in [-0.3, -0.25) is 0 Å². The zero-order valence-electron chi connectivity index (χ0n) is 10.5. The van der Waals surface area contributed by atoms with Crippen molar-refractivity contribution in [1.29, 1.82) is 0 Å². The maximum atomic E-state index is 6.05. The standard InChI is InChI=1S/C14H14ClNO2/c1-9-4-5-10(15)6-11(9)12-7-14(18-3)16-8-13(12)17-2/h4-8H,1-3H3. The summed E-state index contributed by atoms with van der Waals surface area (Å²) in [5, 5.41) is 0.688. The van der Waals surface area contributed by atoms with E-state index in [-0.39, 0.29) is 0 Å². The number of hydrogen-bond acceptors (Lipinski definition) is 3. The highest BCUT2D eigenvalue weighted by Gasteiger charge is 2.11. The summed E-state index contributed by atoms with van der Waals surface area (Å²) in [4.78, 5) is 4.13. The van der Waals surface area contributed by atoms with Crippen LogP contribution in [0.1, 0.15) is 5.56 Å². The van der Waals surface area contributed by atoms with E-state index in [9.17, 15) is 0 Å². The van der Waals surface area contributed by atoms with Gasteiger partial charge in [0.1, 0.15) is 5.75 Å². The Labute approximate surface area is 111 Å². The molecule has 0 spiro atoms. The van der Waals surface area contributed by atoms with E-state index in [1.165, 1.54) is 0 Å². The second-order valence-corrected chi connectivity index (χ2v) is 4.32. The van der Waals surface area contributed by atoms with Gasteiger partial charge in [-0.1, -0.05) is 17.7 Å². The Balaban J connectivity index is 2.64. The number of pyridine rings is 1. The van der Waals surface area contributed by atoms with Gasteiger partial charge in [0.05, 0.1) is 20.4 Å². The van der Waals surface area contributed by atoms with Crippen LogP contribution in [0.15, 0.2) is 30.5 Å². The molecule has 0 fully saturated rings. The molecular weight excluding hydrogens is 250 g/mol. The lowest BCUT2D eigenvalue weighted by Crippen LogP contribution is -1.94. The first kappa shape index (κ1) is 12.7. The van der Waals surface area contributed by atoms with Gasteiger partial charge in [-0.15, -0.1) is 0 Å². The lowest BCUT2D eigenvalue weighted by molar-refractivity contribution is 0.388. The molecule has 0 atom stereocenters. The quantitative estimate of drug-likeness (QED) is 0.846. The van der Waals surface area contributed by atoms with Crippen LogP contribution in [0, 0.1) is 6.92 Å². The Morgan fingerprint density at radius 2 is 1.83 bits per heavy atom. The molecule has 1 heterocycles. The van der Waals surface area contributed by atoms with Crippen LogP contribution >= 0.6 is 11.6 Å². The predicted octanol–water partition coefficient (Wildman–Crippen LogP) is 3.73. The molecule has 0 aliphatic heterocycles. The summed E-state index contributed by atoms with van der Waals surface area (Å²) in [5.41, 5.74) is 3.05. The fraction of sp³-hybridized carbons (Fsp3) is 0.214. The molecule has 0 radical (unpaired) electrons.